The van der Waals surface area contributed by atoms with Gasteiger partial charge in [0, 0.05) is 6.42 Å². The lowest BCUT2D eigenvalue weighted by atomic mass is 9.98. The van der Waals surface area contributed by atoms with Crippen molar-refractivity contribution in [3.05, 3.63) is 6.42 Å². The number of esters is 1. The summed E-state index contributed by atoms with van der Waals surface area (Å²) in [6.45, 7) is 1.83. The number of carbonyl (C=O) groups is 1. The summed E-state index contributed by atoms with van der Waals surface area (Å²) in [5.41, 5.74) is 0. The minimum Gasteiger partial charge on any atom is -0.462 e. The highest BCUT2D eigenvalue weighted by atomic mass is 16.5. The predicted octanol–water partition coefficient (Wildman–Crippen LogP) is 2.09. The summed E-state index contributed by atoms with van der Waals surface area (Å²) < 4.78 is 5.18. The first-order valence-corrected chi connectivity index (χ1v) is 4.34. The minimum atomic E-state index is -0.0584. The number of rotatable bonds is 2. The van der Waals surface area contributed by atoms with Gasteiger partial charge in [-0.05, 0) is 32.1 Å². The van der Waals surface area contributed by atoms with Crippen molar-refractivity contribution in [1.29, 1.82) is 0 Å². The Morgan fingerprint density at radius 2 is 2.18 bits per heavy atom. The molecule has 0 saturated heterocycles. The zero-order chi connectivity index (χ0) is 8.10. The molecule has 11 heavy (non-hydrogen) atoms. The Bertz CT molecular complexity index is 126. The molecule has 0 aromatic heterocycles. The van der Waals surface area contributed by atoms with Crippen molar-refractivity contribution in [1.82, 2.24) is 0 Å². The molecule has 0 atom stereocenters. The van der Waals surface area contributed by atoms with Crippen LogP contribution in [0.25, 0.3) is 0 Å². The van der Waals surface area contributed by atoms with E-state index in [0.717, 1.165) is 25.7 Å². The van der Waals surface area contributed by atoms with Crippen LogP contribution in [0.4, 0.5) is 0 Å². The molecule has 0 bridgehead atoms. The molecule has 2 heteroatoms. The zero-order valence-electron chi connectivity index (χ0n) is 7.01. The summed E-state index contributed by atoms with van der Waals surface area (Å²) in [6, 6.07) is 0. The van der Waals surface area contributed by atoms with E-state index in [1.54, 1.807) is 0 Å². The molecule has 0 heterocycles. The van der Waals surface area contributed by atoms with Crippen LogP contribution in [0, 0.1) is 6.42 Å². The Morgan fingerprint density at radius 3 is 2.73 bits per heavy atom. The van der Waals surface area contributed by atoms with Gasteiger partial charge in [0.25, 0.3) is 0 Å². The Labute approximate surface area is 67.9 Å². The van der Waals surface area contributed by atoms with Gasteiger partial charge < -0.3 is 4.74 Å². The van der Waals surface area contributed by atoms with E-state index >= 15 is 0 Å². The van der Waals surface area contributed by atoms with E-state index in [-0.39, 0.29) is 12.1 Å². The minimum absolute atomic E-state index is 0.0584. The van der Waals surface area contributed by atoms with Crippen LogP contribution in [0.2, 0.25) is 0 Å². The Kier molecular flexibility index (Phi) is 3.40. The maximum atomic E-state index is 10.8. The van der Waals surface area contributed by atoms with Gasteiger partial charge in [-0.25, -0.2) is 0 Å². The Hall–Kier alpha value is -0.530. The van der Waals surface area contributed by atoms with Gasteiger partial charge in [0.1, 0.15) is 6.10 Å². The van der Waals surface area contributed by atoms with Crippen LogP contribution in [0.5, 0.6) is 0 Å². The highest BCUT2D eigenvalue weighted by Gasteiger charge is 2.16. The normalized spacial score (nSPS) is 19.7. The van der Waals surface area contributed by atoms with Gasteiger partial charge in [0.2, 0.25) is 0 Å². The topological polar surface area (TPSA) is 26.3 Å². The highest BCUT2D eigenvalue weighted by Crippen LogP contribution is 2.19. The zero-order valence-corrected chi connectivity index (χ0v) is 7.01. The average Bonchev–Trinajstić information content (AvgIpc) is 2.06. The van der Waals surface area contributed by atoms with Crippen LogP contribution in [-0.4, -0.2) is 12.1 Å². The first-order chi connectivity index (χ1) is 5.33. The van der Waals surface area contributed by atoms with Crippen molar-refractivity contribution < 1.29 is 9.53 Å². The summed E-state index contributed by atoms with van der Waals surface area (Å²) >= 11 is 0. The van der Waals surface area contributed by atoms with Crippen molar-refractivity contribution >= 4 is 5.97 Å². The van der Waals surface area contributed by atoms with Crippen LogP contribution in [-0.2, 0) is 9.53 Å². The third-order valence-electron chi connectivity index (χ3n) is 1.97. The van der Waals surface area contributed by atoms with Crippen LogP contribution in [0.3, 0.4) is 0 Å². The molecule has 0 aliphatic heterocycles. The number of hydrogen-bond acceptors (Lipinski definition) is 2. The lowest BCUT2D eigenvalue weighted by Crippen LogP contribution is -2.20. The largest absolute Gasteiger partial charge is 0.462 e. The van der Waals surface area contributed by atoms with Gasteiger partial charge in [-0.2, -0.15) is 0 Å². The monoisotopic (exact) mass is 155 g/mol. The van der Waals surface area contributed by atoms with Gasteiger partial charge in [0.05, 0.1) is 0 Å². The molecule has 1 aliphatic rings. The molecule has 0 spiro atoms. The molecule has 1 aliphatic carbocycles. The lowest BCUT2D eigenvalue weighted by Gasteiger charge is -2.21. The molecule has 1 radical (unpaired) electrons. The van der Waals surface area contributed by atoms with E-state index in [2.05, 4.69) is 6.42 Å². The molecule has 1 saturated carbocycles. The molecule has 0 amide bonds. The summed E-state index contributed by atoms with van der Waals surface area (Å²) in [5.74, 6) is -0.0584. The van der Waals surface area contributed by atoms with Gasteiger partial charge in [0.15, 0.2) is 0 Å². The molecule has 0 unspecified atom stereocenters. The van der Waals surface area contributed by atoms with E-state index in [1.807, 2.05) is 6.92 Å². The summed E-state index contributed by atoms with van der Waals surface area (Å²) in [7, 11) is 0. The second-order valence-corrected chi connectivity index (χ2v) is 2.91. The summed E-state index contributed by atoms with van der Waals surface area (Å²) in [6.07, 6.45) is 7.20. The molecule has 1 fully saturated rings. The summed E-state index contributed by atoms with van der Waals surface area (Å²) in [4.78, 5) is 10.8. The molecular formula is C9H15O2. The summed E-state index contributed by atoms with van der Waals surface area (Å²) in [5, 5.41) is 0. The average molecular weight is 155 g/mol. The fourth-order valence-corrected chi connectivity index (χ4v) is 1.28. The van der Waals surface area contributed by atoms with Crippen LogP contribution >= 0.6 is 0 Å². The van der Waals surface area contributed by atoms with Gasteiger partial charge >= 0.3 is 5.97 Å². The van der Waals surface area contributed by atoms with E-state index in [0.29, 0.717) is 6.42 Å². The first-order valence-electron chi connectivity index (χ1n) is 4.34. The third-order valence-corrected chi connectivity index (χ3v) is 1.97. The fourth-order valence-electron chi connectivity index (χ4n) is 1.28. The number of hydrogen-bond donors (Lipinski definition) is 0. The van der Waals surface area contributed by atoms with Gasteiger partial charge in [-0.3, -0.25) is 4.79 Å². The molecule has 0 N–H and O–H groups in total. The highest BCUT2D eigenvalue weighted by molar-refractivity contribution is 5.69. The molecule has 2 nitrogen and oxygen atoms in total. The number of carbonyl (C=O) groups excluding carboxylic acids is 1. The molecule has 0 aromatic carbocycles. The van der Waals surface area contributed by atoms with Crippen LogP contribution in [0.1, 0.15) is 39.0 Å². The third kappa shape index (κ3) is 2.91. The maximum Gasteiger partial charge on any atom is 0.305 e. The Balaban J connectivity index is 2.19. The van der Waals surface area contributed by atoms with E-state index in [9.17, 15) is 4.79 Å². The quantitative estimate of drug-likeness (QED) is 0.571. The van der Waals surface area contributed by atoms with E-state index in [1.165, 1.54) is 0 Å². The van der Waals surface area contributed by atoms with Crippen LogP contribution < -0.4 is 0 Å². The number of ether oxygens (including phenoxy) is 1. The lowest BCUT2D eigenvalue weighted by molar-refractivity contribution is -0.149. The van der Waals surface area contributed by atoms with Crippen LogP contribution in [0.15, 0.2) is 0 Å². The van der Waals surface area contributed by atoms with Crippen molar-refractivity contribution in [2.24, 2.45) is 0 Å². The molecule has 1 rings (SSSR count). The Morgan fingerprint density at radius 1 is 1.55 bits per heavy atom. The second kappa shape index (κ2) is 4.37. The van der Waals surface area contributed by atoms with E-state index < -0.39 is 0 Å². The maximum absolute atomic E-state index is 10.8. The van der Waals surface area contributed by atoms with Crippen molar-refractivity contribution in [3.8, 4) is 0 Å². The smallest absolute Gasteiger partial charge is 0.305 e. The van der Waals surface area contributed by atoms with Crippen molar-refractivity contribution in [2.75, 3.05) is 0 Å². The molecule has 0 aromatic rings. The second-order valence-electron chi connectivity index (χ2n) is 2.91. The SMILES string of the molecule is CCC(=O)OC1CC[CH]CC1. The molecule has 63 valence electrons. The fraction of sp³-hybridized carbons (Fsp3) is 0.778. The first kappa shape index (κ1) is 8.57. The van der Waals surface area contributed by atoms with Gasteiger partial charge in [-0.1, -0.05) is 6.92 Å². The van der Waals surface area contributed by atoms with Crippen molar-refractivity contribution in [3.63, 3.8) is 0 Å². The molecular weight excluding hydrogens is 140 g/mol. The van der Waals surface area contributed by atoms with Crippen molar-refractivity contribution in [2.45, 2.75) is 45.1 Å². The van der Waals surface area contributed by atoms with Gasteiger partial charge in [-0.15, -0.1) is 0 Å². The van der Waals surface area contributed by atoms with E-state index in [4.69, 9.17) is 4.74 Å². The standard InChI is InChI=1S/C9H15O2/c1-2-9(10)11-8-6-4-3-5-7-8/h3,8H,2,4-7H2,1H3. The predicted molar refractivity (Wildman–Crippen MR) is 42.9 cm³/mol.